The van der Waals surface area contributed by atoms with Crippen LogP contribution in [0.3, 0.4) is 0 Å². The van der Waals surface area contributed by atoms with Crippen LogP contribution in [-0.2, 0) is 19.8 Å². The normalized spacial score (nSPS) is 20.6. The summed E-state index contributed by atoms with van der Waals surface area (Å²) in [5, 5.41) is 0. The van der Waals surface area contributed by atoms with E-state index in [9.17, 15) is 14.4 Å². The van der Waals surface area contributed by atoms with Crippen LogP contribution < -0.4 is 4.90 Å². The van der Waals surface area contributed by atoms with E-state index in [1.54, 1.807) is 0 Å². The molecular formula is C41H40N2O3. The predicted octanol–water partition coefficient (Wildman–Crippen LogP) is 7.77. The zero-order chi connectivity index (χ0) is 32.1. The monoisotopic (exact) mass is 608 g/mol. The molecule has 0 aromatic heterocycles. The molecule has 1 saturated carbocycles. The second kappa shape index (κ2) is 11.5. The lowest BCUT2D eigenvalue weighted by Crippen LogP contribution is -2.53. The summed E-state index contributed by atoms with van der Waals surface area (Å²) < 4.78 is 0. The average Bonchev–Trinajstić information content (AvgIpc) is 3.31. The maximum Gasteiger partial charge on any atom is 0.247 e. The molecule has 5 nitrogen and oxygen atoms in total. The molecule has 2 heterocycles. The number of benzene rings is 4. The zero-order valence-corrected chi connectivity index (χ0v) is 26.8. The van der Waals surface area contributed by atoms with E-state index in [1.165, 1.54) is 4.90 Å². The Morgan fingerprint density at radius 1 is 0.717 bits per heavy atom. The minimum absolute atomic E-state index is 0.185. The summed E-state index contributed by atoms with van der Waals surface area (Å²) in [7, 11) is 0. The van der Waals surface area contributed by atoms with E-state index in [-0.39, 0.29) is 36.1 Å². The fourth-order valence-corrected chi connectivity index (χ4v) is 8.38. The molecule has 4 aromatic carbocycles. The lowest BCUT2D eigenvalue weighted by molar-refractivity contribution is -0.143. The van der Waals surface area contributed by atoms with Crippen molar-refractivity contribution in [3.63, 3.8) is 0 Å². The molecule has 0 unspecified atom stereocenters. The Labute approximate surface area is 271 Å². The molecule has 4 aromatic rings. The van der Waals surface area contributed by atoms with Crippen molar-refractivity contribution in [2.24, 2.45) is 11.8 Å². The molecule has 0 bridgehead atoms. The number of rotatable bonds is 6. The van der Waals surface area contributed by atoms with Crippen LogP contribution in [0.15, 0.2) is 115 Å². The molecule has 2 atom stereocenters. The van der Waals surface area contributed by atoms with Crippen molar-refractivity contribution in [2.75, 3.05) is 11.4 Å². The summed E-state index contributed by atoms with van der Waals surface area (Å²) in [5.41, 5.74) is 5.85. The summed E-state index contributed by atoms with van der Waals surface area (Å²) in [5.74, 6) is -1.19. The van der Waals surface area contributed by atoms with Crippen LogP contribution in [0.4, 0.5) is 5.69 Å². The van der Waals surface area contributed by atoms with Gasteiger partial charge in [-0.3, -0.25) is 19.3 Å². The van der Waals surface area contributed by atoms with Gasteiger partial charge in [0.05, 0.1) is 28.5 Å². The van der Waals surface area contributed by atoms with Crippen molar-refractivity contribution in [1.82, 2.24) is 4.90 Å². The second-order valence-corrected chi connectivity index (χ2v) is 13.6. The van der Waals surface area contributed by atoms with Crippen LogP contribution in [0.1, 0.15) is 74.3 Å². The van der Waals surface area contributed by atoms with Crippen molar-refractivity contribution in [1.29, 1.82) is 0 Å². The fourth-order valence-electron chi connectivity index (χ4n) is 8.38. The first kappa shape index (κ1) is 29.9. The zero-order valence-electron chi connectivity index (χ0n) is 26.8. The summed E-state index contributed by atoms with van der Waals surface area (Å²) in [6.07, 6.45) is 5.47. The van der Waals surface area contributed by atoms with Crippen LogP contribution in [0.25, 0.3) is 5.57 Å². The number of carbonyl (C=O) groups is 3. The highest BCUT2D eigenvalue weighted by molar-refractivity contribution is 6.10. The van der Waals surface area contributed by atoms with Crippen LogP contribution >= 0.6 is 0 Å². The molecule has 2 fully saturated rings. The Balaban J connectivity index is 1.40. The van der Waals surface area contributed by atoms with Crippen molar-refractivity contribution in [3.05, 3.63) is 143 Å². The van der Waals surface area contributed by atoms with E-state index < -0.39 is 11.0 Å². The Hall–Kier alpha value is -4.77. The van der Waals surface area contributed by atoms with Gasteiger partial charge in [-0.2, -0.15) is 0 Å². The minimum atomic E-state index is -0.680. The maximum atomic E-state index is 14.5. The first-order valence-electron chi connectivity index (χ1n) is 16.4. The molecule has 0 spiro atoms. The van der Waals surface area contributed by atoms with Gasteiger partial charge >= 0.3 is 0 Å². The van der Waals surface area contributed by atoms with Gasteiger partial charge in [-0.15, -0.1) is 0 Å². The second-order valence-electron chi connectivity index (χ2n) is 13.6. The molecule has 1 aliphatic carbocycles. The topological polar surface area (TPSA) is 57.7 Å². The lowest BCUT2D eigenvalue weighted by Gasteiger charge is -2.43. The predicted molar refractivity (Wildman–Crippen MR) is 182 cm³/mol. The molecule has 7 rings (SSSR count). The van der Waals surface area contributed by atoms with Gasteiger partial charge in [0.15, 0.2) is 0 Å². The summed E-state index contributed by atoms with van der Waals surface area (Å²) in [4.78, 5) is 44.3. The van der Waals surface area contributed by atoms with Crippen LogP contribution in [-0.4, -0.2) is 34.7 Å². The molecule has 5 heteroatoms. The largest absolute Gasteiger partial charge is 0.301 e. The Bertz CT molecular complexity index is 1710. The molecule has 3 amide bonds. The van der Waals surface area contributed by atoms with E-state index in [0.717, 1.165) is 64.8 Å². The highest BCUT2D eigenvalue weighted by Gasteiger charge is 2.50. The Kier molecular flexibility index (Phi) is 7.51. The molecule has 46 heavy (non-hydrogen) atoms. The van der Waals surface area contributed by atoms with Gasteiger partial charge in [0.1, 0.15) is 6.54 Å². The molecular weight excluding hydrogens is 568 g/mol. The third kappa shape index (κ3) is 4.72. The van der Waals surface area contributed by atoms with Gasteiger partial charge in [0, 0.05) is 5.56 Å². The number of hydrogen-bond donors (Lipinski definition) is 0. The molecule has 0 N–H and O–H groups in total. The summed E-state index contributed by atoms with van der Waals surface area (Å²) in [6, 6.07) is 38.0. The van der Waals surface area contributed by atoms with Crippen molar-refractivity contribution >= 4 is 29.0 Å². The number of hydrogen-bond acceptors (Lipinski definition) is 3. The molecule has 2 aliphatic heterocycles. The van der Waals surface area contributed by atoms with Gasteiger partial charge < -0.3 is 4.90 Å². The van der Waals surface area contributed by atoms with Crippen molar-refractivity contribution in [3.8, 4) is 0 Å². The average molecular weight is 609 g/mol. The van der Waals surface area contributed by atoms with Gasteiger partial charge in [-0.05, 0) is 67.5 Å². The number of fused-ring (bicyclic) bond motifs is 2. The van der Waals surface area contributed by atoms with Crippen LogP contribution in [0.2, 0.25) is 0 Å². The number of allylic oxidation sites excluding steroid dienone is 1. The number of likely N-dealkylation sites (tertiary alicyclic amines) is 1. The lowest BCUT2D eigenvalue weighted by atomic mass is 9.64. The molecule has 1 saturated heterocycles. The van der Waals surface area contributed by atoms with Crippen molar-refractivity contribution < 1.29 is 14.4 Å². The number of imide groups is 1. The van der Waals surface area contributed by atoms with Crippen LogP contribution in [0, 0.1) is 11.8 Å². The van der Waals surface area contributed by atoms with Crippen LogP contribution in [0.5, 0.6) is 0 Å². The molecule has 0 radical (unpaired) electrons. The third-order valence-corrected chi connectivity index (χ3v) is 10.3. The minimum Gasteiger partial charge on any atom is -0.301 e. The van der Waals surface area contributed by atoms with E-state index in [1.807, 2.05) is 36.9 Å². The Morgan fingerprint density at radius 2 is 1.20 bits per heavy atom. The molecule has 3 aliphatic rings. The number of carbonyl (C=O) groups excluding carboxylic acids is 3. The Morgan fingerprint density at radius 3 is 1.67 bits per heavy atom. The standard InChI is InChI=1S/C41H40N2O3/c1-28-26-40(2,3)43(37(44)27-42-38(45)34-21-13-14-22-35(34)39(42)46)36-25-32(23-24-33(28)36)41(29-15-7-4-8-16-29,30-17-9-5-10-18-30)31-19-11-6-12-20-31/h4-12,15-20,23-26,34-35H,13-14,21-22,27H2,1-3H3/t34-,35-/m0/s1. The highest BCUT2D eigenvalue weighted by atomic mass is 16.2. The number of nitrogens with zero attached hydrogens (tertiary/aromatic N) is 2. The quantitative estimate of drug-likeness (QED) is 0.166. The smallest absolute Gasteiger partial charge is 0.247 e. The molecule has 232 valence electrons. The first-order valence-corrected chi connectivity index (χ1v) is 16.4. The maximum absolute atomic E-state index is 14.5. The van der Waals surface area contributed by atoms with Gasteiger partial charge in [-0.25, -0.2) is 0 Å². The van der Waals surface area contributed by atoms with Gasteiger partial charge in [0.25, 0.3) is 0 Å². The van der Waals surface area contributed by atoms with Crippen molar-refractivity contribution in [2.45, 2.75) is 57.4 Å². The van der Waals surface area contributed by atoms with Gasteiger partial charge in [-0.1, -0.05) is 122 Å². The highest BCUT2D eigenvalue weighted by Crippen LogP contribution is 2.48. The fraction of sp³-hybridized carbons (Fsp3) is 0.293. The summed E-state index contributed by atoms with van der Waals surface area (Å²) >= 11 is 0. The van der Waals surface area contributed by atoms with Gasteiger partial charge in [0.2, 0.25) is 17.7 Å². The van der Waals surface area contributed by atoms with E-state index in [2.05, 4.69) is 104 Å². The number of amides is 3. The van der Waals surface area contributed by atoms with E-state index in [4.69, 9.17) is 0 Å². The van der Waals surface area contributed by atoms with E-state index >= 15 is 0 Å². The first-order chi connectivity index (χ1) is 22.2. The summed E-state index contributed by atoms with van der Waals surface area (Å²) in [6.45, 7) is 5.89. The SMILES string of the molecule is CC1=CC(C)(C)N(C(=O)CN2C(=O)[C@H]3CCCC[C@@H]3C2=O)c2cc(C(c3ccccc3)(c3ccccc3)c3ccccc3)ccc21. The number of anilines is 1. The van der Waals surface area contributed by atoms with E-state index in [0.29, 0.717) is 0 Å². The third-order valence-electron chi connectivity index (χ3n) is 10.3.